The van der Waals surface area contributed by atoms with Gasteiger partial charge in [-0.05, 0) is 42.7 Å². The number of anilines is 1. The molecule has 2 amide bonds. The highest BCUT2D eigenvalue weighted by molar-refractivity contribution is 6.00. The van der Waals surface area contributed by atoms with Crippen molar-refractivity contribution in [3.63, 3.8) is 0 Å². The molecule has 5 rings (SSSR count). The lowest BCUT2D eigenvalue weighted by molar-refractivity contribution is 0.0592. The average Bonchev–Trinajstić information content (AvgIpc) is 3.13. The van der Waals surface area contributed by atoms with Crippen molar-refractivity contribution >= 4 is 23.5 Å². The van der Waals surface area contributed by atoms with Gasteiger partial charge in [-0.2, -0.15) is 0 Å². The van der Waals surface area contributed by atoms with Crippen LogP contribution >= 0.6 is 0 Å². The first-order valence-corrected chi connectivity index (χ1v) is 16.9. The van der Waals surface area contributed by atoms with E-state index in [0.29, 0.717) is 43.7 Å². The molecule has 1 fully saturated rings. The van der Waals surface area contributed by atoms with Gasteiger partial charge < -0.3 is 30.7 Å². The molecule has 10 nitrogen and oxygen atoms in total. The van der Waals surface area contributed by atoms with Crippen LogP contribution in [0.15, 0.2) is 103 Å². The zero-order valence-corrected chi connectivity index (χ0v) is 27.7. The number of ketones is 1. The molecule has 0 radical (unpaired) electrons. The molecule has 10 heteroatoms. The van der Waals surface area contributed by atoms with Crippen molar-refractivity contribution in [2.45, 2.75) is 31.9 Å². The van der Waals surface area contributed by atoms with Gasteiger partial charge in [-0.15, -0.1) is 0 Å². The number of phenolic OH excluding ortho intramolecular Hbond substituents is 1. The number of para-hydroxylation sites is 2. The summed E-state index contributed by atoms with van der Waals surface area (Å²) in [7, 11) is 0. The number of benzene rings is 4. The Hall–Kier alpha value is -5.03. The van der Waals surface area contributed by atoms with E-state index in [2.05, 4.69) is 26.2 Å². The molecular formula is C39H45N5O5. The van der Waals surface area contributed by atoms with Crippen molar-refractivity contribution in [2.75, 3.05) is 51.1 Å². The number of carbonyl (C=O) groups excluding carboxylic acids is 3. The number of phenols is 1. The lowest BCUT2D eigenvalue weighted by atomic mass is 10.0. The Kier molecular flexibility index (Phi) is 13.3. The molecule has 1 saturated heterocycles. The molecule has 4 aromatic rings. The number of likely N-dealkylation sites (tertiary alicyclic amines) is 1. The molecule has 5 N–H and O–H groups in total. The normalized spacial score (nSPS) is 13.5. The molecule has 0 atom stereocenters. The fourth-order valence-corrected chi connectivity index (χ4v) is 5.80. The summed E-state index contributed by atoms with van der Waals surface area (Å²) in [5.74, 6) is -0.0160. The Bertz CT molecular complexity index is 1670. The van der Waals surface area contributed by atoms with E-state index in [4.69, 9.17) is 4.74 Å². The number of ether oxygens (including phenoxy) is 1. The minimum Gasteiger partial charge on any atom is -0.508 e. The molecule has 0 aromatic heterocycles. The van der Waals surface area contributed by atoms with E-state index in [1.165, 1.54) is 0 Å². The fraction of sp³-hybridized carbons (Fsp3) is 0.308. The molecule has 1 aliphatic heterocycles. The second-order valence-electron chi connectivity index (χ2n) is 12.0. The number of Topliss-reactive ketones (excluding diaryl/α,β-unsaturated/α-hetero) is 1. The Balaban J connectivity index is 0.936. The summed E-state index contributed by atoms with van der Waals surface area (Å²) in [6.45, 7) is 5.26. The van der Waals surface area contributed by atoms with E-state index < -0.39 is 6.09 Å². The lowest BCUT2D eigenvalue weighted by Gasteiger charge is -2.31. The van der Waals surface area contributed by atoms with E-state index >= 15 is 0 Å². The molecule has 4 aromatic carbocycles. The van der Waals surface area contributed by atoms with Gasteiger partial charge in [0.1, 0.15) is 11.9 Å². The van der Waals surface area contributed by atoms with Crippen molar-refractivity contribution < 1.29 is 24.2 Å². The number of hydrogen-bond donors (Lipinski definition) is 5. The monoisotopic (exact) mass is 663 g/mol. The number of rotatable bonds is 16. The summed E-state index contributed by atoms with van der Waals surface area (Å²) >= 11 is 0. The van der Waals surface area contributed by atoms with E-state index in [1.807, 2.05) is 66.7 Å². The van der Waals surface area contributed by atoms with Crippen LogP contribution in [0.5, 0.6) is 5.75 Å². The van der Waals surface area contributed by atoms with Crippen LogP contribution in [-0.2, 0) is 11.3 Å². The van der Waals surface area contributed by atoms with Crippen LogP contribution in [0.4, 0.5) is 10.5 Å². The van der Waals surface area contributed by atoms with Gasteiger partial charge in [-0.3, -0.25) is 14.9 Å². The van der Waals surface area contributed by atoms with Crippen molar-refractivity contribution in [1.29, 1.82) is 0 Å². The molecule has 1 aliphatic rings. The van der Waals surface area contributed by atoms with Gasteiger partial charge in [0, 0.05) is 81.0 Å². The van der Waals surface area contributed by atoms with Crippen LogP contribution in [0, 0.1) is 0 Å². The van der Waals surface area contributed by atoms with E-state index in [1.54, 1.807) is 36.4 Å². The first kappa shape index (κ1) is 35.3. The number of piperidine rings is 1. The summed E-state index contributed by atoms with van der Waals surface area (Å²) < 4.78 is 5.75. The fourth-order valence-electron chi connectivity index (χ4n) is 5.80. The quantitative estimate of drug-likeness (QED) is 0.0790. The molecule has 0 spiro atoms. The number of carbonyl (C=O) groups is 3. The molecule has 0 bridgehead atoms. The largest absolute Gasteiger partial charge is 0.508 e. The molecular weight excluding hydrogens is 618 g/mol. The van der Waals surface area contributed by atoms with Crippen molar-refractivity contribution in [3.05, 3.63) is 120 Å². The second-order valence-corrected chi connectivity index (χ2v) is 12.0. The Morgan fingerprint density at radius 3 is 2.31 bits per heavy atom. The molecule has 0 saturated carbocycles. The van der Waals surface area contributed by atoms with Crippen LogP contribution in [0.3, 0.4) is 0 Å². The van der Waals surface area contributed by atoms with Crippen molar-refractivity contribution in [1.82, 2.24) is 20.9 Å². The zero-order chi connectivity index (χ0) is 34.3. The Morgan fingerprint density at radius 2 is 1.49 bits per heavy atom. The highest BCUT2D eigenvalue weighted by Gasteiger charge is 2.22. The van der Waals surface area contributed by atoms with Crippen LogP contribution < -0.4 is 21.3 Å². The molecule has 256 valence electrons. The van der Waals surface area contributed by atoms with Crippen LogP contribution in [0.2, 0.25) is 0 Å². The highest BCUT2D eigenvalue weighted by Crippen LogP contribution is 2.28. The Morgan fingerprint density at radius 1 is 0.755 bits per heavy atom. The highest BCUT2D eigenvalue weighted by atomic mass is 16.6. The first-order chi connectivity index (χ1) is 24.0. The standard InChI is InChI=1S/C39H45N5O5/c45-36-16-7-4-11-32(36)28-41-21-22-42-38(47)31-13-8-12-30(27-31)37(46)17-20-40-23-26-44-24-18-33(19-25-44)49-39(48)43-35-15-6-5-14-34(35)29-9-2-1-3-10-29/h1-16,27,33,40-41,45H,17-26,28H2,(H,42,47)(H,43,48). The second kappa shape index (κ2) is 18.5. The van der Waals surface area contributed by atoms with Gasteiger partial charge in [-0.1, -0.05) is 78.9 Å². The molecule has 1 heterocycles. The minimum absolute atomic E-state index is 0.0193. The van der Waals surface area contributed by atoms with Gasteiger partial charge in [0.25, 0.3) is 5.91 Å². The summed E-state index contributed by atoms with van der Waals surface area (Å²) in [5.41, 5.74) is 4.46. The van der Waals surface area contributed by atoms with Crippen molar-refractivity contribution in [2.24, 2.45) is 0 Å². The van der Waals surface area contributed by atoms with Gasteiger partial charge in [-0.25, -0.2) is 4.79 Å². The molecule has 0 unspecified atom stereocenters. The summed E-state index contributed by atoms with van der Waals surface area (Å²) in [6.07, 6.45) is 1.30. The smallest absolute Gasteiger partial charge is 0.411 e. The van der Waals surface area contributed by atoms with E-state index in [-0.39, 0.29) is 23.5 Å². The third-order valence-electron chi connectivity index (χ3n) is 8.53. The lowest BCUT2D eigenvalue weighted by Crippen LogP contribution is -2.41. The summed E-state index contributed by atoms with van der Waals surface area (Å²) in [6, 6.07) is 31.6. The maximum absolute atomic E-state index is 12.8. The van der Waals surface area contributed by atoms with E-state index in [0.717, 1.165) is 61.4 Å². The predicted molar refractivity (Wildman–Crippen MR) is 192 cm³/mol. The van der Waals surface area contributed by atoms with Crippen LogP contribution in [0.25, 0.3) is 11.1 Å². The maximum atomic E-state index is 12.8. The number of aromatic hydroxyl groups is 1. The van der Waals surface area contributed by atoms with Crippen LogP contribution in [-0.4, -0.2) is 79.7 Å². The zero-order valence-electron chi connectivity index (χ0n) is 27.7. The maximum Gasteiger partial charge on any atom is 0.411 e. The van der Waals surface area contributed by atoms with Gasteiger partial charge in [0.15, 0.2) is 5.78 Å². The van der Waals surface area contributed by atoms with Crippen LogP contribution in [0.1, 0.15) is 45.5 Å². The third kappa shape index (κ3) is 11.0. The van der Waals surface area contributed by atoms with E-state index in [9.17, 15) is 19.5 Å². The summed E-state index contributed by atoms with van der Waals surface area (Å²) in [4.78, 5) is 40.5. The third-order valence-corrected chi connectivity index (χ3v) is 8.53. The first-order valence-electron chi connectivity index (χ1n) is 16.9. The number of nitrogens with zero attached hydrogens (tertiary/aromatic N) is 1. The van der Waals surface area contributed by atoms with Gasteiger partial charge in [0.05, 0.1) is 5.69 Å². The number of nitrogens with one attached hydrogen (secondary N) is 4. The number of hydrogen-bond acceptors (Lipinski definition) is 8. The molecule has 49 heavy (non-hydrogen) atoms. The molecule has 0 aliphatic carbocycles. The topological polar surface area (TPSA) is 132 Å². The SMILES string of the molecule is O=C(Nc1ccccc1-c1ccccc1)OC1CCN(CCNCCC(=O)c2cccc(C(=O)NCCNCc3ccccc3O)c2)CC1. The van der Waals surface area contributed by atoms with Gasteiger partial charge >= 0.3 is 6.09 Å². The van der Waals surface area contributed by atoms with Crippen molar-refractivity contribution in [3.8, 4) is 16.9 Å². The average molecular weight is 664 g/mol. The summed E-state index contributed by atoms with van der Waals surface area (Å²) in [5, 5.41) is 22.2. The predicted octanol–water partition coefficient (Wildman–Crippen LogP) is 5.45. The number of amides is 2. The van der Waals surface area contributed by atoms with Gasteiger partial charge in [0.2, 0.25) is 0 Å². The Labute approximate surface area is 287 Å². The minimum atomic E-state index is -0.436.